The van der Waals surface area contributed by atoms with Gasteiger partial charge >= 0.3 is 0 Å². The number of ether oxygens (including phenoxy) is 1. The molecular formula is C20H16ClN3O5S. The molecule has 4 rings (SSSR count). The second kappa shape index (κ2) is 8.21. The first kappa shape index (κ1) is 20.0. The van der Waals surface area contributed by atoms with Crippen LogP contribution in [-0.4, -0.2) is 25.7 Å². The Morgan fingerprint density at radius 2 is 1.97 bits per heavy atom. The van der Waals surface area contributed by atoms with Gasteiger partial charge in [0.25, 0.3) is 10.0 Å². The van der Waals surface area contributed by atoms with Crippen molar-refractivity contribution < 1.29 is 22.1 Å². The van der Waals surface area contributed by atoms with Crippen LogP contribution in [0.3, 0.4) is 0 Å². The van der Waals surface area contributed by atoms with Crippen molar-refractivity contribution >= 4 is 27.3 Å². The standard InChI is InChI=1S/C20H16ClN3O5S/c1-27-16-9-8-14(21)12-18(16)30(25,26)24-15-6-3-2-5-13(15)11-19-22-20(23-29-19)17-7-4-10-28-17/h2-10,12,24H,11H2,1H3. The van der Waals surface area contributed by atoms with Crippen LogP contribution in [-0.2, 0) is 16.4 Å². The Labute approximate surface area is 177 Å². The summed E-state index contributed by atoms with van der Waals surface area (Å²) in [7, 11) is -2.57. The first-order valence-electron chi connectivity index (χ1n) is 8.77. The Morgan fingerprint density at radius 3 is 2.73 bits per heavy atom. The van der Waals surface area contributed by atoms with Crippen LogP contribution in [0.5, 0.6) is 5.75 Å². The third-order valence-electron chi connectivity index (χ3n) is 4.23. The number of nitrogens with zero attached hydrogens (tertiary/aromatic N) is 2. The number of rotatable bonds is 7. The van der Waals surface area contributed by atoms with Gasteiger partial charge in [-0.15, -0.1) is 0 Å². The van der Waals surface area contributed by atoms with Gasteiger partial charge in [-0.05, 0) is 42.0 Å². The van der Waals surface area contributed by atoms with Gasteiger partial charge in [-0.3, -0.25) is 4.72 Å². The molecule has 8 nitrogen and oxygen atoms in total. The summed E-state index contributed by atoms with van der Waals surface area (Å²) in [5.74, 6) is 1.29. The largest absolute Gasteiger partial charge is 0.495 e. The number of halogens is 1. The Kier molecular flexibility index (Phi) is 5.47. The molecule has 30 heavy (non-hydrogen) atoms. The molecule has 0 radical (unpaired) electrons. The summed E-state index contributed by atoms with van der Waals surface area (Å²) in [6.45, 7) is 0. The van der Waals surface area contributed by atoms with E-state index >= 15 is 0 Å². The Morgan fingerprint density at radius 1 is 1.13 bits per heavy atom. The molecule has 0 fully saturated rings. The van der Waals surface area contributed by atoms with Crippen LogP contribution in [0.25, 0.3) is 11.6 Å². The summed E-state index contributed by atoms with van der Waals surface area (Å²) in [5, 5.41) is 4.17. The van der Waals surface area contributed by atoms with E-state index in [4.69, 9.17) is 25.3 Å². The number of para-hydroxylation sites is 1. The van der Waals surface area contributed by atoms with Gasteiger partial charge in [-0.1, -0.05) is 35.0 Å². The fourth-order valence-corrected chi connectivity index (χ4v) is 4.36. The lowest BCUT2D eigenvalue weighted by Gasteiger charge is -2.14. The number of anilines is 1. The van der Waals surface area contributed by atoms with E-state index in [0.717, 1.165) is 0 Å². The van der Waals surface area contributed by atoms with E-state index < -0.39 is 10.0 Å². The summed E-state index contributed by atoms with van der Waals surface area (Å²) in [6.07, 6.45) is 1.73. The van der Waals surface area contributed by atoms with Crippen LogP contribution in [0.1, 0.15) is 11.5 Å². The average molecular weight is 446 g/mol. The van der Waals surface area contributed by atoms with Crippen molar-refractivity contribution in [2.75, 3.05) is 11.8 Å². The van der Waals surface area contributed by atoms with E-state index in [0.29, 0.717) is 28.7 Å². The summed E-state index contributed by atoms with van der Waals surface area (Å²) >= 11 is 5.98. The fraction of sp³-hybridized carbons (Fsp3) is 0.100. The summed E-state index contributed by atoms with van der Waals surface area (Å²) in [5.41, 5.74) is 1.02. The minimum atomic E-state index is -3.96. The van der Waals surface area contributed by atoms with Crippen LogP contribution >= 0.6 is 11.6 Å². The van der Waals surface area contributed by atoms with Gasteiger partial charge in [0.1, 0.15) is 10.6 Å². The van der Waals surface area contributed by atoms with Gasteiger partial charge in [-0.25, -0.2) is 8.42 Å². The van der Waals surface area contributed by atoms with Crippen molar-refractivity contribution in [1.29, 1.82) is 0 Å². The van der Waals surface area contributed by atoms with E-state index in [-0.39, 0.29) is 22.1 Å². The van der Waals surface area contributed by atoms with E-state index in [1.165, 1.54) is 25.5 Å². The van der Waals surface area contributed by atoms with Crippen LogP contribution in [0.4, 0.5) is 5.69 Å². The summed E-state index contributed by atoms with van der Waals surface area (Å²) in [4.78, 5) is 4.23. The van der Waals surface area contributed by atoms with Crippen molar-refractivity contribution in [2.45, 2.75) is 11.3 Å². The molecule has 1 N–H and O–H groups in total. The molecule has 4 aromatic rings. The van der Waals surface area contributed by atoms with Crippen LogP contribution in [0, 0.1) is 0 Å². The van der Waals surface area contributed by atoms with Crippen molar-refractivity contribution in [3.05, 3.63) is 77.3 Å². The molecule has 10 heteroatoms. The molecule has 0 saturated heterocycles. The SMILES string of the molecule is COc1ccc(Cl)cc1S(=O)(=O)Nc1ccccc1Cc1nc(-c2ccco2)no1. The lowest BCUT2D eigenvalue weighted by Crippen LogP contribution is -2.15. The highest BCUT2D eigenvalue weighted by atomic mass is 35.5. The lowest BCUT2D eigenvalue weighted by atomic mass is 10.1. The van der Waals surface area contributed by atoms with Crippen molar-refractivity contribution in [1.82, 2.24) is 10.1 Å². The molecule has 0 amide bonds. The summed E-state index contributed by atoms with van der Waals surface area (Å²) in [6, 6.07) is 14.7. The molecule has 2 heterocycles. The van der Waals surface area contributed by atoms with Gasteiger partial charge in [0.2, 0.25) is 11.7 Å². The zero-order valence-corrected chi connectivity index (χ0v) is 17.3. The monoisotopic (exact) mass is 445 g/mol. The van der Waals surface area contributed by atoms with E-state index in [1.54, 1.807) is 42.5 Å². The molecule has 2 aromatic carbocycles. The second-order valence-electron chi connectivity index (χ2n) is 6.22. The average Bonchev–Trinajstić information content (AvgIpc) is 3.41. The normalized spacial score (nSPS) is 11.4. The third-order valence-corrected chi connectivity index (χ3v) is 5.85. The quantitative estimate of drug-likeness (QED) is 0.449. The molecule has 0 aliphatic heterocycles. The van der Waals surface area contributed by atoms with Crippen LogP contribution in [0.15, 0.2) is 74.7 Å². The van der Waals surface area contributed by atoms with Crippen LogP contribution < -0.4 is 9.46 Å². The van der Waals surface area contributed by atoms with E-state index in [2.05, 4.69) is 14.9 Å². The maximum absolute atomic E-state index is 13.0. The van der Waals surface area contributed by atoms with Gasteiger partial charge < -0.3 is 13.7 Å². The maximum Gasteiger partial charge on any atom is 0.265 e. The van der Waals surface area contributed by atoms with Crippen molar-refractivity contribution in [2.24, 2.45) is 0 Å². The molecular weight excluding hydrogens is 430 g/mol. The predicted molar refractivity (Wildman–Crippen MR) is 110 cm³/mol. The second-order valence-corrected chi connectivity index (χ2v) is 8.31. The molecule has 0 unspecified atom stereocenters. The van der Waals surface area contributed by atoms with E-state index in [9.17, 15) is 8.42 Å². The fourth-order valence-electron chi connectivity index (χ4n) is 2.83. The number of hydrogen-bond acceptors (Lipinski definition) is 7. The number of benzene rings is 2. The van der Waals surface area contributed by atoms with Gasteiger partial charge in [0, 0.05) is 5.02 Å². The first-order chi connectivity index (χ1) is 14.5. The molecule has 0 spiro atoms. The third kappa shape index (κ3) is 4.17. The number of furan rings is 1. The highest BCUT2D eigenvalue weighted by Crippen LogP contribution is 2.30. The topological polar surface area (TPSA) is 107 Å². The van der Waals surface area contributed by atoms with Gasteiger partial charge in [0.15, 0.2) is 5.76 Å². The number of aromatic nitrogens is 2. The minimum absolute atomic E-state index is 0.0646. The smallest absolute Gasteiger partial charge is 0.265 e. The number of methoxy groups -OCH3 is 1. The maximum atomic E-state index is 13.0. The first-order valence-corrected chi connectivity index (χ1v) is 10.6. The molecule has 0 aliphatic carbocycles. The minimum Gasteiger partial charge on any atom is -0.495 e. The molecule has 0 atom stereocenters. The van der Waals surface area contributed by atoms with E-state index in [1.807, 2.05) is 0 Å². The highest BCUT2D eigenvalue weighted by molar-refractivity contribution is 7.92. The Balaban J connectivity index is 1.62. The molecule has 154 valence electrons. The molecule has 2 aromatic heterocycles. The lowest BCUT2D eigenvalue weighted by molar-refractivity contribution is 0.384. The predicted octanol–water partition coefficient (Wildman–Crippen LogP) is 4.38. The highest BCUT2D eigenvalue weighted by Gasteiger charge is 2.22. The molecule has 0 saturated carbocycles. The number of sulfonamides is 1. The van der Waals surface area contributed by atoms with Gasteiger partial charge in [-0.2, -0.15) is 4.98 Å². The van der Waals surface area contributed by atoms with Gasteiger partial charge in [0.05, 0.1) is 25.5 Å². The Hall–Kier alpha value is -3.30. The number of hydrogen-bond donors (Lipinski definition) is 1. The number of nitrogens with one attached hydrogen (secondary N) is 1. The molecule has 0 bridgehead atoms. The van der Waals surface area contributed by atoms with Crippen molar-refractivity contribution in [3.8, 4) is 17.3 Å². The summed E-state index contributed by atoms with van der Waals surface area (Å²) < 4.78 is 44.3. The van der Waals surface area contributed by atoms with Crippen LogP contribution in [0.2, 0.25) is 5.02 Å². The van der Waals surface area contributed by atoms with Crippen molar-refractivity contribution in [3.63, 3.8) is 0 Å². The molecule has 0 aliphatic rings. The zero-order chi connectivity index (χ0) is 21.1. The zero-order valence-electron chi connectivity index (χ0n) is 15.7. The Bertz CT molecular complexity index is 1270.